The Morgan fingerprint density at radius 3 is 2.64 bits per heavy atom. The first kappa shape index (κ1) is 24.1. The molecule has 0 bridgehead atoms. The second kappa shape index (κ2) is 9.09. The maximum Gasteiger partial charge on any atom is 0.573 e. The van der Waals surface area contributed by atoms with Crippen LogP contribution >= 0.6 is 0 Å². The molecule has 3 aromatic heterocycles. The highest BCUT2D eigenvalue weighted by Gasteiger charge is 2.32. The fourth-order valence-electron chi connectivity index (χ4n) is 4.23. The highest BCUT2D eigenvalue weighted by molar-refractivity contribution is 7.89. The number of alkyl halides is 3. The topological polar surface area (TPSA) is 118 Å². The molecule has 1 fully saturated rings. The molecule has 1 aliphatic heterocycles. The molecule has 14 heteroatoms. The molecule has 0 amide bonds. The smallest absolute Gasteiger partial charge is 0.406 e. The summed E-state index contributed by atoms with van der Waals surface area (Å²) in [5, 5.41) is 5.04. The van der Waals surface area contributed by atoms with Gasteiger partial charge in [-0.25, -0.2) is 23.1 Å². The van der Waals surface area contributed by atoms with Gasteiger partial charge in [-0.05, 0) is 31.0 Å². The van der Waals surface area contributed by atoms with Crippen molar-refractivity contribution in [3.63, 3.8) is 0 Å². The summed E-state index contributed by atoms with van der Waals surface area (Å²) in [5.74, 6) is 0.148. The molecule has 0 spiro atoms. The number of piperidine rings is 1. The number of anilines is 1. The summed E-state index contributed by atoms with van der Waals surface area (Å²) >= 11 is 0. The number of benzene rings is 1. The first-order valence-corrected chi connectivity index (χ1v) is 12.5. The van der Waals surface area contributed by atoms with E-state index in [9.17, 15) is 21.6 Å². The van der Waals surface area contributed by atoms with Gasteiger partial charge in [-0.3, -0.25) is 4.68 Å². The zero-order valence-corrected chi connectivity index (χ0v) is 19.8. The number of nitrogens with one attached hydrogen (secondary N) is 2. The summed E-state index contributed by atoms with van der Waals surface area (Å²) in [6, 6.07) is 5.92. The molecule has 2 N–H and O–H groups in total. The third-order valence-electron chi connectivity index (χ3n) is 5.89. The van der Waals surface area contributed by atoms with Crippen LogP contribution in [0.2, 0.25) is 0 Å². The van der Waals surface area contributed by atoms with Gasteiger partial charge in [0.15, 0.2) is 0 Å². The van der Waals surface area contributed by atoms with E-state index >= 15 is 0 Å². The molecule has 0 radical (unpaired) electrons. The van der Waals surface area contributed by atoms with E-state index in [0.29, 0.717) is 31.6 Å². The minimum absolute atomic E-state index is 0.292. The molecule has 10 nitrogen and oxygen atoms in total. The van der Waals surface area contributed by atoms with Crippen LogP contribution in [0.4, 0.5) is 19.0 Å². The normalized spacial score (nSPS) is 15.5. The second-order valence-electron chi connectivity index (χ2n) is 8.45. The summed E-state index contributed by atoms with van der Waals surface area (Å²) in [6.07, 6.45) is 1.19. The zero-order valence-electron chi connectivity index (χ0n) is 19.0. The molecule has 1 aliphatic rings. The first-order chi connectivity index (χ1) is 17.1. The van der Waals surface area contributed by atoms with Gasteiger partial charge in [-0.2, -0.15) is 5.10 Å². The molecular weight excluding hydrogens is 499 g/mol. The number of aromatic nitrogens is 5. The van der Waals surface area contributed by atoms with E-state index in [2.05, 4.69) is 34.4 Å². The number of ether oxygens (including phenoxy) is 1. The monoisotopic (exact) mass is 521 g/mol. The number of H-pyrrole nitrogens is 1. The quantitative estimate of drug-likeness (QED) is 0.400. The van der Waals surface area contributed by atoms with E-state index in [1.165, 1.54) is 18.5 Å². The van der Waals surface area contributed by atoms with Crippen molar-refractivity contribution in [2.75, 3.05) is 18.0 Å². The number of hydrogen-bond acceptors (Lipinski definition) is 7. The van der Waals surface area contributed by atoms with Crippen LogP contribution in [0.5, 0.6) is 5.75 Å². The minimum atomic E-state index is -4.91. The second-order valence-corrected chi connectivity index (χ2v) is 10.2. The van der Waals surface area contributed by atoms with E-state index in [1.54, 1.807) is 10.9 Å². The number of aryl methyl sites for hydroxylation is 1. The van der Waals surface area contributed by atoms with Crippen molar-refractivity contribution in [2.45, 2.75) is 30.1 Å². The number of sulfonamides is 1. The number of hydrogen-bond donors (Lipinski definition) is 2. The number of halogens is 3. The van der Waals surface area contributed by atoms with Gasteiger partial charge in [0.2, 0.25) is 10.0 Å². The van der Waals surface area contributed by atoms with Crippen molar-refractivity contribution in [3.05, 3.63) is 49.1 Å². The molecule has 0 atom stereocenters. The lowest BCUT2D eigenvalue weighted by atomic mass is 10.1. The van der Waals surface area contributed by atoms with Crippen LogP contribution in [0.15, 0.2) is 53.9 Å². The summed E-state index contributed by atoms with van der Waals surface area (Å²) < 4.78 is 71.2. The number of fused-ring (bicyclic) bond motifs is 1. The van der Waals surface area contributed by atoms with Crippen molar-refractivity contribution in [1.82, 2.24) is 29.5 Å². The van der Waals surface area contributed by atoms with Crippen LogP contribution in [-0.2, 0) is 17.1 Å². The Morgan fingerprint density at radius 2 is 1.94 bits per heavy atom. The third-order valence-corrected chi connectivity index (χ3v) is 7.40. The van der Waals surface area contributed by atoms with Crippen molar-refractivity contribution in [1.29, 1.82) is 0 Å². The maximum absolute atomic E-state index is 12.8. The van der Waals surface area contributed by atoms with Gasteiger partial charge < -0.3 is 14.6 Å². The predicted octanol–water partition coefficient (Wildman–Crippen LogP) is 3.20. The molecule has 190 valence electrons. The largest absolute Gasteiger partial charge is 0.573 e. The molecule has 4 aromatic rings. The lowest BCUT2D eigenvalue weighted by Crippen LogP contribution is -2.44. The van der Waals surface area contributed by atoms with E-state index in [0.717, 1.165) is 34.6 Å². The van der Waals surface area contributed by atoms with Crippen molar-refractivity contribution < 1.29 is 26.3 Å². The number of aromatic amines is 1. The molecule has 1 aromatic carbocycles. The molecule has 0 saturated carbocycles. The SMILES string of the molecule is Cn1cc(-c2cc3c(N4CCC(NS(=O)(=O)c5cccc(OC(F)(F)F)c5)CC4)ncnc3[nH]2)cn1. The summed E-state index contributed by atoms with van der Waals surface area (Å²) in [7, 11) is -2.20. The van der Waals surface area contributed by atoms with Crippen LogP contribution in [-0.4, -0.2) is 58.6 Å². The minimum Gasteiger partial charge on any atom is -0.406 e. The average Bonchev–Trinajstić information content (AvgIpc) is 3.44. The standard InChI is InChI=1S/C22H22F3N7O3S/c1-31-12-14(11-28-31)19-10-18-20(29-19)26-13-27-21(18)32-7-5-15(6-8-32)30-36(33,34)17-4-2-3-16(9-17)35-22(23,24)25/h2-4,9-13,15,30H,5-8H2,1H3,(H,26,27,29). The molecule has 4 heterocycles. The Bertz CT molecular complexity index is 1490. The third kappa shape index (κ3) is 5.14. The van der Waals surface area contributed by atoms with Gasteiger partial charge in [0.25, 0.3) is 0 Å². The number of nitrogens with zero attached hydrogens (tertiary/aromatic N) is 5. The van der Waals surface area contributed by atoms with E-state index in [4.69, 9.17) is 0 Å². The molecular formula is C22H22F3N7O3S. The Balaban J connectivity index is 1.27. The number of rotatable bonds is 6. The average molecular weight is 522 g/mol. The van der Waals surface area contributed by atoms with Gasteiger partial charge in [0.05, 0.1) is 22.2 Å². The van der Waals surface area contributed by atoms with E-state index in [1.807, 2.05) is 19.3 Å². The zero-order chi connectivity index (χ0) is 25.5. The Hall–Kier alpha value is -3.65. The predicted molar refractivity (Wildman–Crippen MR) is 125 cm³/mol. The Morgan fingerprint density at radius 1 is 1.17 bits per heavy atom. The molecule has 0 aliphatic carbocycles. The summed E-state index contributed by atoms with van der Waals surface area (Å²) in [6.45, 7) is 1.06. The summed E-state index contributed by atoms with van der Waals surface area (Å²) in [5.41, 5.74) is 2.46. The highest BCUT2D eigenvalue weighted by Crippen LogP contribution is 2.30. The van der Waals surface area contributed by atoms with E-state index < -0.39 is 22.1 Å². The Labute approximate surface area is 204 Å². The van der Waals surface area contributed by atoms with Crippen LogP contribution in [0.3, 0.4) is 0 Å². The van der Waals surface area contributed by atoms with Gasteiger partial charge in [-0.1, -0.05) is 6.07 Å². The lowest BCUT2D eigenvalue weighted by molar-refractivity contribution is -0.274. The Kier molecular flexibility index (Phi) is 6.08. The van der Waals surface area contributed by atoms with Crippen molar-refractivity contribution >= 4 is 26.9 Å². The first-order valence-electron chi connectivity index (χ1n) is 11.0. The maximum atomic E-state index is 12.8. The fourth-order valence-corrected chi connectivity index (χ4v) is 5.57. The molecule has 5 rings (SSSR count). The fraction of sp³-hybridized carbons (Fsp3) is 0.318. The van der Waals surface area contributed by atoms with Crippen LogP contribution in [0.1, 0.15) is 12.8 Å². The van der Waals surface area contributed by atoms with Crippen LogP contribution in [0.25, 0.3) is 22.3 Å². The molecule has 1 saturated heterocycles. The van der Waals surface area contributed by atoms with Crippen LogP contribution < -0.4 is 14.4 Å². The van der Waals surface area contributed by atoms with Crippen molar-refractivity contribution in [2.24, 2.45) is 7.05 Å². The van der Waals surface area contributed by atoms with Gasteiger partial charge in [-0.15, -0.1) is 13.2 Å². The highest BCUT2D eigenvalue weighted by atomic mass is 32.2. The van der Waals surface area contributed by atoms with Gasteiger partial charge >= 0.3 is 6.36 Å². The molecule has 36 heavy (non-hydrogen) atoms. The van der Waals surface area contributed by atoms with Crippen molar-refractivity contribution in [3.8, 4) is 17.0 Å². The lowest BCUT2D eigenvalue weighted by Gasteiger charge is -2.33. The van der Waals surface area contributed by atoms with Gasteiger partial charge in [0.1, 0.15) is 23.5 Å². The van der Waals surface area contributed by atoms with Gasteiger partial charge in [0, 0.05) is 44.0 Å². The summed E-state index contributed by atoms with van der Waals surface area (Å²) in [4.78, 5) is 13.8. The van der Waals surface area contributed by atoms with E-state index in [-0.39, 0.29) is 10.9 Å². The van der Waals surface area contributed by atoms with Crippen LogP contribution in [0, 0.1) is 0 Å². The molecule has 0 unspecified atom stereocenters.